The molecule has 7 nitrogen and oxygen atoms in total. The topological polar surface area (TPSA) is 83.0 Å². The summed E-state index contributed by atoms with van der Waals surface area (Å²) in [5.74, 6) is 1.74. The summed E-state index contributed by atoms with van der Waals surface area (Å²) in [4.78, 5) is 10.2. The van der Waals surface area contributed by atoms with Gasteiger partial charge in [0, 0.05) is 36.3 Å². The molecule has 3 aromatic heterocycles. The molecule has 1 unspecified atom stereocenters. The zero-order valence-corrected chi connectivity index (χ0v) is 15.6. The number of nitrogens with zero attached hydrogens (tertiary/aromatic N) is 3. The fourth-order valence-electron chi connectivity index (χ4n) is 3.91. The predicted octanol–water partition coefficient (Wildman–Crippen LogP) is 3.55. The van der Waals surface area contributed by atoms with Gasteiger partial charge in [-0.15, -0.1) is 0 Å². The normalized spacial score (nSPS) is 16.8. The van der Waals surface area contributed by atoms with Crippen molar-refractivity contribution in [1.82, 2.24) is 25.1 Å². The summed E-state index contributed by atoms with van der Waals surface area (Å²) in [7, 11) is 1.67. The number of aromatic amines is 2. The molecule has 0 bridgehead atoms. The Kier molecular flexibility index (Phi) is 4.21. The van der Waals surface area contributed by atoms with E-state index >= 15 is 0 Å². The lowest BCUT2D eigenvalue weighted by atomic mass is 9.99. The quantitative estimate of drug-likeness (QED) is 0.557. The molecule has 7 heteroatoms. The molecular formula is C21H21N5O2. The first-order chi connectivity index (χ1) is 13.8. The van der Waals surface area contributed by atoms with Crippen LogP contribution < -0.4 is 4.74 Å². The molecule has 1 aliphatic heterocycles. The highest BCUT2D eigenvalue weighted by Gasteiger charge is 2.33. The van der Waals surface area contributed by atoms with Gasteiger partial charge in [-0.2, -0.15) is 5.10 Å². The lowest BCUT2D eigenvalue weighted by molar-refractivity contribution is 0.179. The number of nitrogens with one attached hydrogen (secondary N) is 2. The molecule has 0 spiro atoms. The van der Waals surface area contributed by atoms with Crippen molar-refractivity contribution in [2.24, 2.45) is 0 Å². The average Bonchev–Trinajstić information content (AvgIpc) is 3.49. The van der Waals surface area contributed by atoms with Gasteiger partial charge >= 0.3 is 0 Å². The maximum absolute atomic E-state index is 5.76. The first kappa shape index (κ1) is 16.8. The minimum absolute atomic E-state index is 0.0105. The van der Waals surface area contributed by atoms with Crippen LogP contribution >= 0.6 is 0 Å². The van der Waals surface area contributed by atoms with Crippen molar-refractivity contribution in [2.45, 2.75) is 19.0 Å². The molecule has 0 saturated heterocycles. The zero-order valence-electron chi connectivity index (χ0n) is 15.6. The number of methoxy groups -OCH3 is 1. The minimum atomic E-state index is -0.0105. The number of rotatable bonds is 5. The Bertz CT molecular complexity index is 1050. The first-order valence-corrected chi connectivity index (χ1v) is 9.29. The Balaban J connectivity index is 1.47. The maximum atomic E-state index is 5.76. The number of hydrogen-bond acceptors (Lipinski definition) is 5. The summed E-state index contributed by atoms with van der Waals surface area (Å²) in [5, 5.41) is 7.45. The molecular weight excluding hydrogens is 354 g/mol. The van der Waals surface area contributed by atoms with Crippen molar-refractivity contribution >= 4 is 0 Å². The van der Waals surface area contributed by atoms with Gasteiger partial charge in [-0.25, -0.2) is 4.98 Å². The van der Waals surface area contributed by atoms with Crippen LogP contribution in [-0.4, -0.2) is 38.7 Å². The molecule has 28 heavy (non-hydrogen) atoms. The number of fused-ring (bicyclic) bond motifs is 1. The second-order valence-corrected chi connectivity index (χ2v) is 6.90. The third-order valence-electron chi connectivity index (χ3n) is 5.31. The van der Waals surface area contributed by atoms with Crippen molar-refractivity contribution in [3.8, 4) is 17.0 Å². The maximum Gasteiger partial charge on any atom is 0.127 e. The van der Waals surface area contributed by atoms with Crippen molar-refractivity contribution in [3.05, 3.63) is 77.9 Å². The van der Waals surface area contributed by atoms with Crippen molar-refractivity contribution in [3.63, 3.8) is 0 Å². The molecule has 1 aliphatic rings. The van der Waals surface area contributed by atoms with Gasteiger partial charge in [-0.05, 0) is 36.4 Å². The van der Waals surface area contributed by atoms with E-state index in [1.54, 1.807) is 19.7 Å². The number of H-pyrrole nitrogens is 2. The lowest BCUT2D eigenvalue weighted by Crippen LogP contribution is -2.35. The van der Waals surface area contributed by atoms with Crippen LogP contribution in [0.5, 0.6) is 5.75 Å². The number of benzene rings is 1. The fourth-order valence-corrected chi connectivity index (χ4v) is 3.91. The molecule has 142 valence electrons. The summed E-state index contributed by atoms with van der Waals surface area (Å²) in [6, 6.07) is 11.9. The molecule has 0 fully saturated rings. The largest absolute Gasteiger partial charge is 0.497 e. The second kappa shape index (κ2) is 7.01. The van der Waals surface area contributed by atoms with E-state index in [0.717, 1.165) is 53.5 Å². The van der Waals surface area contributed by atoms with E-state index in [1.807, 2.05) is 42.6 Å². The number of hydrogen-bond donors (Lipinski definition) is 2. The minimum Gasteiger partial charge on any atom is -0.497 e. The van der Waals surface area contributed by atoms with Gasteiger partial charge in [-0.1, -0.05) is 0 Å². The van der Waals surface area contributed by atoms with Gasteiger partial charge in [0.1, 0.15) is 17.6 Å². The number of imidazole rings is 1. The smallest absolute Gasteiger partial charge is 0.127 e. The van der Waals surface area contributed by atoms with Crippen LogP contribution in [0.15, 0.2) is 59.6 Å². The van der Waals surface area contributed by atoms with E-state index in [2.05, 4.69) is 25.1 Å². The summed E-state index contributed by atoms with van der Waals surface area (Å²) >= 11 is 0. The molecule has 0 aliphatic carbocycles. The third kappa shape index (κ3) is 2.90. The van der Waals surface area contributed by atoms with E-state index in [0.29, 0.717) is 0 Å². The summed E-state index contributed by atoms with van der Waals surface area (Å²) < 4.78 is 11.0. The second-order valence-electron chi connectivity index (χ2n) is 6.90. The highest BCUT2D eigenvalue weighted by Crippen LogP contribution is 2.35. The Morgan fingerprint density at radius 2 is 2.14 bits per heavy atom. The Labute approximate surface area is 162 Å². The van der Waals surface area contributed by atoms with Gasteiger partial charge in [-0.3, -0.25) is 10.00 Å². The van der Waals surface area contributed by atoms with Crippen molar-refractivity contribution < 1.29 is 9.15 Å². The molecule has 5 rings (SSSR count). The van der Waals surface area contributed by atoms with Crippen LogP contribution in [0.3, 0.4) is 0 Å². The zero-order chi connectivity index (χ0) is 18.9. The SMILES string of the molecule is COc1ccc(-c2[nH]ncc2CN2CCc3[nH]cnc3C2c2ccco2)cc1. The molecule has 2 N–H and O–H groups in total. The molecule has 4 heterocycles. The van der Waals surface area contributed by atoms with Crippen molar-refractivity contribution in [1.29, 1.82) is 0 Å². The predicted molar refractivity (Wildman–Crippen MR) is 104 cm³/mol. The van der Waals surface area contributed by atoms with Crippen LogP contribution in [0.4, 0.5) is 0 Å². The molecule has 1 aromatic carbocycles. The van der Waals surface area contributed by atoms with Crippen LogP contribution in [0.2, 0.25) is 0 Å². The first-order valence-electron chi connectivity index (χ1n) is 9.29. The fraction of sp³-hybridized carbons (Fsp3) is 0.238. The van der Waals surface area contributed by atoms with Gasteiger partial charge in [0.2, 0.25) is 0 Å². The summed E-state index contributed by atoms with van der Waals surface area (Å²) in [5.41, 5.74) is 5.46. The summed E-state index contributed by atoms with van der Waals surface area (Å²) in [6.07, 6.45) is 6.32. The number of aromatic nitrogens is 4. The molecule has 0 saturated carbocycles. The van der Waals surface area contributed by atoms with Gasteiger partial charge in [0.15, 0.2) is 0 Å². The van der Waals surface area contributed by atoms with Crippen LogP contribution in [0.1, 0.15) is 28.8 Å². The van der Waals surface area contributed by atoms with Gasteiger partial charge < -0.3 is 14.1 Å². The van der Waals surface area contributed by atoms with Crippen LogP contribution in [0, 0.1) is 0 Å². The summed E-state index contributed by atoms with van der Waals surface area (Å²) in [6.45, 7) is 1.66. The van der Waals surface area contributed by atoms with Crippen LogP contribution in [-0.2, 0) is 13.0 Å². The Morgan fingerprint density at radius 1 is 1.25 bits per heavy atom. The number of ether oxygens (including phenoxy) is 1. The molecule has 0 radical (unpaired) electrons. The van der Waals surface area contributed by atoms with Gasteiger partial charge in [0.05, 0.1) is 37.3 Å². The Hall–Kier alpha value is -3.32. The average molecular weight is 375 g/mol. The monoisotopic (exact) mass is 375 g/mol. The standard InChI is InChI=1S/C21H21N5O2/c1-27-16-6-4-14(5-7-16)19-15(11-24-25-19)12-26-9-8-17-20(23-13-22-17)21(26)18-3-2-10-28-18/h2-7,10-11,13,21H,8-9,12H2,1H3,(H,22,23)(H,24,25). The van der Waals surface area contributed by atoms with E-state index in [-0.39, 0.29) is 6.04 Å². The highest BCUT2D eigenvalue weighted by molar-refractivity contribution is 5.63. The molecule has 4 aromatic rings. The van der Waals surface area contributed by atoms with E-state index in [1.165, 1.54) is 5.69 Å². The van der Waals surface area contributed by atoms with Gasteiger partial charge in [0.25, 0.3) is 0 Å². The van der Waals surface area contributed by atoms with E-state index in [9.17, 15) is 0 Å². The lowest BCUT2D eigenvalue weighted by Gasteiger charge is -2.33. The molecule has 1 atom stereocenters. The number of furan rings is 1. The third-order valence-corrected chi connectivity index (χ3v) is 5.31. The molecule has 0 amide bonds. The van der Waals surface area contributed by atoms with E-state index in [4.69, 9.17) is 9.15 Å². The van der Waals surface area contributed by atoms with E-state index < -0.39 is 0 Å². The van der Waals surface area contributed by atoms with Crippen molar-refractivity contribution in [2.75, 3.05) is 13.7 Å². The Morgan fingerprint density at radius 3 is 2.93 bits per heavy atom. The van der Waals surface area contributed by atoms with Crippen LogP contribution in [0.25, 0.3) is 11.3 Å². The highest BCUT2D eigenvalue weighted by atomic mass is 16.5.